The van der Waals surface area contributed by atoms with Gasteiger partial charge in [-0.2, -0.15) is 0 Å². The third-order valence-corrected chi connectivity index (χ3v) is 4.30. The van der Waals surface area contributed by atoms with Gasteiger partial charge in [-0.3, -0.25) is 14.2 Å². The van der Waals surface area contributed by atoms with E-state index in [0.717, 1.165) is 5.56 Å². The molecule has 4 aromatic rings. The molecule has 7 nitrogen and oxygen atoms in total. The molecular formula is C20H16N4O3. The van der Waals surface area contributed by atoms with Crippen LogP contribution in [0, 0.1) is 0 Å². The topological polar surface area (TPSA) is 103 Å². The van der Waals surface area contributed by atoms with E-state index in [0.29, 0.717) is 28.2 Å². The zero-order valence-corrected chi connectivity index (χ0v) is 14.5. The zero-order chi connectivity index (χ0) is 19.0. The van der Waals surface area contributed by atoms with Crippen molar-refractivity contribution in [2.45, 2.75) is 0 Å². The number of nitrogen functional groups attached to an aromatic ring is 1. The lowest BCUT2D eigenvalue weighted by atomic mass is 10.1. The van der Waals surface area contributed by atoms with Crippen LogP contribution < -0.4 is 10.5 Å². The van der Waals surface area contributed by atoms with Crippen LogP contribution in [-0.2, 0) is 0 Å². The number of rotatable bonds is 4. The average Bonchev–Trinajstić information content (AvgIpc) is 3.09. The number of carbonyl (C=O) groups is 1. The molecule has 134 valence electrons. The number of fused-ring (bicyclic) bond motifs is 1. The van der Waals surface area contributed by atoms with Crippen LogP contribution in [0.1, 0.15) is 16.2 Å². The Labute approximate surface area is 154 Å². The van der Waals surface area contributed by atoms with E-state index in [1.54, 1.807) is 65.5 Å². The van der Waals surface area contributed by atoms with Crippen molar-refractivity contribution in [3.63, 3.8) is 0 Å². The highest BCUT2D eigenvalue weighted by Crippen LogP contribution is 2.32. The lowest BCUT2D eigenvalue weighted by Gasteiger charge is -2.06. The standard InChI is InChI=1S/C20H16N4O3/c1-27-16-11-13(4-5-14(16)21)19(26)20-23-17(12-6-8-22-9-7-12)18-15(25)3-2-10-24(18)20/h2-11,25H,21H2,1H3. The number of imidazole rings is 1. The first-order chi connectivity index (χ1) is 13.1. The Bertz CT molecular complexity index is 1150. The highest BCUT2D eigenvalue weighted by atomic mass is 16.5. The van der Waals surface area contributed by atoms with Crippen molar-refractivity contribution >= 4 is 17.0 Å². The van der Waals surface area contributed by atoms with Crippen LogP contribution in [0.3, 0.4) is 0 Å². The summed E-state index contributed by atoms with van der Waals surface area (Å²) in [5.74, 6) is 0.318. The predicted molar refractivity (Wildman–Crippen MR) is 101 cm³/mol. The fraction of sp³-hybridized carbons (Fsp3) is 0.0500. The molecule has 0 unspecified atom stereocenters. The SMILES string of the molecule is COc1cc(C(=O)c2nc(-c3ccncc3)c3c(O)cccn23)ccc1N. The number of ether oxygens (including phenoxy) is 1. The summed E-state index contributed by atoms with van der Waals surface area (Å²) in [5.41, 5.74) is 8.36. The monoisotopic (exact) mass is 360 g/mol. The molecule has 3 N–H and O–H groups in total. The van der Waals surface area contributed by atoms with E-state index in [1.807, 2.05) is 0 Å². The van der Waals surface area contributed by atoms with Crippen LogP contribution in [-0.4, -0.2) is 32.4 Å². The third-order valence-electron chi connectivity index (χ3n) is 4.30. The predicted octanol–water partition coefficient (Wildman–Crippen LogP) is 2.92. The largest absolute Gasteiger partial charge is 0.506 e. The molecule has 0 amide bonds. The zero-order valence-electron chi connectivity index (χ0n) is 14.5. The van der Waals surface area contributed by atoms with E-state index in [4.69, 9.17) is 10.5 Å². The van der Waals surface area contributed by atoms with Gasteiger partial charge in [-0.05, 0) is 42.5 Å². The summed E-state index contributed by atoms with van der Waals surface area (Å²) < 4.78 is 6.78. The van der Waals surface area contributed by atoms with Gasteiger partial charge in [-0.15, -0.1) is 0 Å². The smallest absolute Gasteiger partial charge is 0.228 e. The molecule has 0 spiro atoms. The van der Waals surface area contributed by atoms with Crippen LogP contribution in [0.5, 0.6) is 11.5 Å². The van der Waals surface area contributed by atoms with E-state index in [-0.39, 0.29) is 17.4 Å². The van der Waals surface area contributed by atoms with E-state index in [9.17, 15) is 9.90 Å². The number of hydrogen-bond donors (Lipinski definition) is 2. The number of nitrogens with zero attached hydrogens (tertiary/aromatic N) is 3. The van der Waals surface area contributed by atoms with Crippen LogP contribution >= 0.6 is 0 Å². The molecule has 1 aromatic carbocycles. The molecule has 3 aromatic heterocycles. The molecule has 0 aliphatic heterocycles. The van der Waals surface area contributed by atoms with Gasteiger partial charge in [0, 0.05) is 29.7 Å². The Balaban J connectivity index is 1.93. The molecular weight excluding hydrogens is 344 g/mol. The van der Waals surface area contributed by atoms with Crippen molar-refractivity contribution in [2.24, 2.45) is 0 Å². The number of benzene rings is 1. The van der Waals surface area contributed by atoms with Crippen molar-refractivity contribution in [1.29, 1.82) is 0 Å². The maximum absolute atomic E-state index is 13.1. The second-order valence-electron chi connectivity index (χ2n) is 5.92. The summed E-state index contributed by atoms with van der Waals surface area (Å²) in [5, 5.41) is 10.4. The normalized spacial score (nSPS) is 10.9. The first-order valence-electron chi connectivity index (χ1n) is 8.19. The fourth-order valence-corrected chi connectivity index (χ4v) is 2.97. The van der Waals surface area contributed by atoms with Gasteiger partial charge in [-0.1, -0.05) is 0 Å². The molecule has 3 heterocycles. The average molecular weight is 360 g/mol. The lowest BCUT2D eigenvalue weighted by Crippen LogP contribution is -2.07. The number of methoxy groups -OCH3 is 1. The van der Waals surface area contributed by atoms with Crippen molar-refractivity contribution in [2.75, 3.05) is 12.8 Å². The van der Waals surface area contributed by atoms with E-state index in [1.165, 1.54) is 7.11 Å². The number of aromatic nitrogens is 3. The van der Waals surface area contributed by atoms with Crippen LogP contribution in [0.25, 0.3) is 16.8 Å². The Morgan fingerprint density at radius 1 is 1.19 bits per heavy atom. The minimum Gasteiger partial charge on any atom is -0.506 e. The molecule has 0 saturated carbocycles. The highest BCUT2D eigenvalue weighted by molar-refractivity contribution is 6.08. The first kappa shape index (κ1) is 16.6. The summed E-state index contributed by atoms with van der Waals surface area (Å²) in [6.07, 6.45) is 4.95. The molecule has 4 rings (SSSR count). The maximum atomic E-state index is 13.1. The van der Waals surface area contributed by atoms with E-state index in [2.05, 4.69) is 9.97 Å². The van der Waals surface area contributed by atoms with Crippen LogP contribution in [0.4, 0.5) is 5.69 Å². The summed E-state index contributed by atoms with van der Waals surface area (Å²) in [6, 6.07) is 11.6. The fourth-order valence-electron chi connectivity index (χ4n) is 2.97. The molecule has 0 fully saturated rings. The van der Waals surface area contributed by atoms with Gasteiger partial charge >= 0.3 is 0 Å². The first-order valence-corrected chi connectivity index (χ1v) is 8.19. The Morgan fingerprint density at radius 2 is 1.96 bits per heavy atom. The van der Waals surface area contributed by atoms with Gasteiger partial charge in [0.1, 0.15) is 22.7 Å². The Morgan fingerprint density at radius 3 is 2.70 bits per heavy atom. The molecule has 0 aliphatic rings. The number of hydrogen-bond acceptors (Lipinski definition) is 6. The molecule has 7 heteroatoms. The summed E-state index contributed by atoms with van der Waals surface area (Å²) in [7, 11) is 1.49. The minimum atomic E-state index is -0.311. The molecule has 0 aliphatic carbocycles. The van der Waals surface area contributed by atoms with Crippen LogP contribution in [0.2, 0.25) is 0 Å². The number of nitrogens with two attached hydrogens (primary N) is 1. The Hall–Kier alpha value is -3.87. The molecule has 0 radical (unpaired) electrons. The number of aromatic hydroxyl groups is 1. The van der Waals surface area contributed by atoms with Crippen molar-refractivity contribution < 1.29 is 14.6 Å². The Kier molecular flexibility index (Phi) is 3.97. The third kappa shape index (κ3) is 2.75. The van der Waals surface area contributed by atoms with Gasteiger partial charge in [0.15, 0.2) is 5.82 Å². The number of ketones is 1. The number of carbonyl (C=O) groups excluding carboxylic acids is 1. The highest BCUT2D eigenvalue weighted by Gasteiger charge is 2.22. The van der Waals surface area contributed by atoms with Gasteiger partial charge < -0.3 is 15.6 Å². The molecule has 27 heavy (non-hydrogen) atoms. The quantitative estimate of drug-likeness (QED) is 0.428. The summed E-state index contributed by atoms with van der Waals surface area (Å²) in [6.45, 7) is 0. The summed E-state index contributed by atoms with van der Waals surface area (Å²) in [4.78, 5) is 21.7. The lowest BCUT2D eigenvalue weighted by molar-refractivity contribution is 0.102. The van der Waals surface area contributed by atoms with E-state index < -0.39 is 0 Å². The van der Waals surface area contributed by atoms with E-state index >= 15 is 0 Å². The van der Waals surface area contributed by atoms with Gasteiger partial charge in [0.25, 0.3) is 0 Å². The van der Waals surface area contributed by atoms with Gasteiger partial charge in [-0.25, -0.2) is 4.98 Å². The molecule has 0 atom stereocenters. The second-order valence-corrected chi connectivity index (χ2v) is 5.92. The number of anilines is 1. The van der Waals surface area contributed by atoms with Gasteiger partial charge in [0.2, 0.25) is 5.78 Å². The molecule has 0 saturated heterocycles. The summed E-state index contributed by atoms with van der Waals surface area (Å²) >= 11 is 0. The maximum Gasteiger partial charge on any atom is 0.228 e. The number of pyridine rings is 2. The van der Waals surface area contributed by atoms with Crippen LogP contribution in [0.15, 0.2) is 61.1 Å². The minimum absolute atomic E-state index is 0.0331. The molecule has 0 bridgehead atoms. The van der Waals surface area contributed by atoms with Gasteiger partial charge in [0.05, 0.1) is 12.8 Å². The van der Waals surface area contributed by atoms with Crippen molar-refractivity contribution in [1.82, 2.24) is 14.4 Å². The van der Waals surface area contributed by atoms with Crippen molar-refractivity contribution in [3.05, 3.63) is 72.4 Å². The van der Waals surface area contributed by atoms with Crippen molar-refractivity contribution in [3.8, 4) is 22.8 Å². The second kappa shape index (κ2) is 6.45.